The minimum atomic E-state index is -0.192. The van der Waals surface area contributed by atoms with Crippen LogP contribution in [0.15, 0.2) is 42.0 Å². The second-order valence-corrected chi connectivity index (χ2v) is 11.1. The number of carbonyl (C=O) groups excluding carboxylic acids is 2. The van der Waals surface area contributed by atoms with Gasteiger partial charge in [-0.05, 0) is 60.8 Å². The average Bonchev–Trinajstić information content (AvgIpc) is 3.07. The van der Waals surface area contributed by atoms with Crippen LogP contribution in [0.5, 0.6) is 0 Å². The molecule has 1 aromatic rings. The molecule has 0 saturated heterocycles. The van der Waals surface area contributed by atoms with Crippen LogP contribution in [0.25, 0.3) is 0 Å². The maximum Gasteiger partial charge on any atom is 0.302 e. The Hall–Kier alpha value is -1.94. The molecule has 4 aliphatic rings. The fraction of sp³-hybridized carbons (Fsp3) is 0.643. The van der Waals surface area contributed by atoms with Crippen LogP contribution in [0.4, 0.5) is 0 Å². The number of Topliss-reactive ketones (excluding diaryl/α,β-unsaturated/α-hetero) is 1. The number of rotatable bonds is 4. The van der Waals surface area contributed by atoms with E-state index in [1.54, 1.807) is 0 Å². The predicted molar refractivity (Wildman–Crippen MR) is 123 cm³/mol. The Morgan fingerprint density at radius 3 is 2.50 bits per heavy atom. The van der Waals surface area contributed by atoms with E-state index < -0.39 is 0 Å². The minimum Gasteiger partial charge on any atom is -0.462 e. The normalized spacial score (nSPS) is 40.7. The van der Waals surface area contributed by atoms with Crippen LogP contribution < -0.4 is 0 Å². The van der Waals surface area contributed by atoms with Crippen LogP contribution in [-0.2, 0) is 25.7 Å². The molecule has 0 radical (unpaired) electrons. The van der Waals surface area contributed by atoms with Gasteiger partial charge < -0.3 is 9.47 Å². The fourth-order valence-corrected chi connectivity index (χ4v) is 7.62. The lowest BCUT2D eigenvalue weighted by Crippen LogP contribution is -2.55. The third-order valence-electron chi connectivity index (χ3n) is 9.39. The number of hydrogen-bond donors (Lipinski definition) is 0. The average molecular weight is 437 g/mol. The maximum atomic E-state index is 12.9. The summed E-state index contributed by atoms with van der Waals surface area (Å²) in [4.78, 5) is 24.5. The first kappa shape index (κ1) is 21.9. The monoisotopic (exact) mass is 436 g/mol. The molecule has 32 heavy (non-hydrogen) atoms. The molecule has 0 bridgehead atoms. The van der Waals surface area contributed by atoms with Gasteiger partial charge in [0, 0.05) is 25.2 Å². The lowest BCUT2D eigenvalue weighted by Gasteiger charge is -2.58. The van der Waals surface area contributed by atoms with Crippen LogP contribution in [-0.4, -0.2) is 24.0 Å². The molecular formula is C28H36O4. The summed E-state index contributed by atoms with van der Waals surface area (Å²) < 4.78 is 12.3. The predicted octanol–water partition coefficient (Wildman–Crippen LogP) is 5.65. The minimum absolute atomic E-state index is 0.00915. The Morgan fingerprint density at radius 2 is 1.75 bits per heavy atom. The number of benzene rings is 1. The summed E-state index contributed by atoms with van der Waals surface area (Å²) in [5, 5.41) is 0. The molecule has 172 valence electrons. The van der Waals surface area contributed by atoms with Crippen molar-refractivity contribution in [3.05, 3.63) is 47.5 Å². The lowest BCUT2D eigenvalue weighted by molar-refractivity contribution is -0.150. The first-order valence-corrected chi connectivity index (χ1v) is 12.4. The van der Waals surface area contributed by atoms with Gasteiger partial charge in [0.1, 0.15) is 11.9 Å². The molecule has 7 atom stereocenters. The largest absolute Gasteiger partial charge is 0.462 e. The quantitative estimate of drug-likeness (QED) is 0.452. The summed E-state index contributed by atoms with van der Waals surface area (Å²) in [7, 11) is 0. The Balaban J connectivity index is 1.48. The van der Waals surface area contributed by atoms with Crippen LogP contribution in [0.2, 0.25) is 0 Å². The molecule has 4 nitrogen and oxygen atoms in total. The van der Waals surface area contributed by atoms with E-state index in [0.29, 0.717) is 30.1 Å². The van der Waals surface area contributed by atoms with E-state index in [4.69, 9.17) is 9.47 Å². The van der Waals surface area contributed by atoms with Gasteiger partial charge in [0.25, 0.3) is 0 Å². The molecule has 3 saturated carbocycles. The summed E-state index contributed by atoms with van der Waals surface area (Å²) >= 11 is 0. The van der Waals surface area contributed by atoms with Crippen molar-refractivity contribution in [1.29, 1.82) is 0 Å². The van der Waals surface area contributed by atoms with E-state index in [9.17, 15) is 9.59 Å². The van der Waals surface area contributed by atoms with Crippen LogP contribution in [0.1, 0.15) is 71.3 Å². The van der Waals surface area contributed by atoms with E-state index in [-0.39, 0.29) is 29.0 Å². The number of ketones is 1. The zero-order valence-electron chi connectivity index (χ0n) is 19.6. The number of ether oxygens (including phenoxy) is 2. The molecule has 0 aliphatic heterocycles. The van der Waals surface area contributed by atoms with Crippen molar-refractivity contribution in [2.24, 2.45) is 28.6 Å². The summed E-state index contributed by atoms with van der Waals surface area (Å²) in [5.41, 5.74) is 2.51. The van der Waals surface area contributed by atoms with Crippen molar-refractivity contribution >= 4 is 11.8 Å². The van der Waals surface area contributed by atoms with Gasteiger partial charge in [0.05, 0.1) is 12.7 Å². The first-order chi connectivity index (χ1) is 15.3. The number of carbonyl (C=O) groups is 2. The molecule has 4 unspecified atom stereocenters. The molecule has 4 aliphatic carbocycles. The highest BCUT2D eigenvalue weighted by molar-refractivity contribution is 5.87. The van der Waals surface area contributed by atoms with Crippen molar-refractivity contribution in [2.45, 2.75) is 84.5 Å². The molecule has 1 aromatic carbocycles. The van der Waals surface area contributed by atoms with Gasteiger partial charge in [-0.3, -0.25) is 9.59 Å². The highest BCUT2D eigenvalue weighted by atomic mass is 16.5. The van der Waals surface area contributed by atoms with E-state index in [1.165, 1.54) is 18.1 Å². The van der Waals surface area contributed by atoms with E-state index >= 15 is 0 Å². The molecular weight excluding hydrogens is 400 g/mol. The Bertz CT molecular complexity index is 921. The van der Waals surface area contributed by atoms with Gasteiger partial charge in [-0.25, -0.2) is 0 Å². The van der Waals surface area contributed by atoms with Gasteiger partial charge in [0.2, 0.25) is 0 Å². The summed E-state index contributed by atoms with van der Waals surface area (Å²) in [6, 6.07) is 10.4. The number of hydrogen-bond acceptors (Lipinski definition) is 4. The smallest absolute Gasteiger partial charge is 0.302 e. The Labute approximate surface area is 191 Å². The van der Waals surface area contributed by atoms with Gasteiger partial charge in [-0.1, -0.05) is 55.8 Å². The SMILES string of the molecule is CC(=O)O[C@H]1CC[C@@]2(C)C(=CC(OCc3ccccc3)C3C2CC[C@]2(C)C(=O)CCC32)C1. The second kappa shape index (κ2) is 8.13. The van der Waals surface area contributed by atoms with Crippen molar-refractivity contribution in [1.82, 2.24) is 0 Å². The van der Waals surface area contributed by atoms with Crippen LogP contribution in [0.3, 0.4) is 0 Å². The third-order valence-corrected chi connectivity index (χ3v) is 9.39. The Kier molecular flexibility index (Phi) is 5.56. The van der Waals surface area contributed by atoms with Crippen molar-refractivity contribution in [3.8, 4) is 0 Å². The van der Waals surface area contributed by atoms with Crippen LogP contribution in [0, 0.1) is 28.6 Å². The molecule has 0 amide bonds. The topological polar surface area (TPSA) is 52.6 Å². The molecule has 4 heteroatoms. The standard InChI is InChI=1S/C28H36O4/c1-18(29)32-21-11-13-27(2)20(15-21)16-24(31-17-19-7-5-4-6-8-19)26-22-9-10-25(30)28(22,3)14-12-23(26)27/h4-8,16,21-24,26H,9-15,17H2,1-3H3/t21-,22?,23?,24?,26?,27-,28-/m0/s1. The van der Waals surface area contributed by atoms with Gasteiger partial charge in [-0.15, -0.1) is 0 Å². The highest BCUT2D eigenvalue weighted by Crippen LogP contribution is 2.64. The van der Waals surface area contributed by atoms with Gasteiger partial charge in [-0.2, -0.15) is 0 Å². The van der Waals surface area contributed by atoms with Crippen molar-refractivity contribution < 1.29 is 19.1 Å². The first-order valence-electron chi connectivity index (χ1n) is 12.4. The summed E-state index contributed by atoms with van der Waals surface area (Å²) in [6.45, 7) is 6.73. The Morgan fingerprint density at radius 1 is 1.03 bits per heavy atom. The molecule has 0 N–H and O–H groups in total. The van der Waals surface area contributed by atoms with Crippen LogP contribution >= 0.6 is 0 Å². The zero-order valence-corrected chi connectivity index (χ0v) is 19.6. The van der Waals surface area contributed by atoms with Crippen molar-refractivity contribution in [2.75, 3.05) is 0 Å². The number of fused-ring (bicyclic) bond motifs is 5. The molecule has 0 aromatic heterocycles. The third kappa shape index (κ3) is 3.55. The lowest BCUT2D eigenvalue weighted by atomic mass is 9.47. The fourth-order valence-electron chi connectivity index (χ4n) is 7.62. The van der Waals surface area contributed by atoms with E-state index in [0.717, 1.165) is 44.9 Å². The van der Waals surface area contributed by atoms with Gasteiger partial charge >= 0.3 is 5.97 Å². The molecule has 0 spiro atoms. The zero-order chi connectivity index (χ0) is 22.5. The summed E-state index contributed by atoms with van der Waals surface area (Å²) in [5.74, 6) is 1.56. The van der Waals surface area contributed by atoms with Crippen molar-refractivity contribution in [3.63, 3.8) is 0 Å². The molecule has 3 fully saturated rings. The molecule has 5 rings (SSSR count). The van der Waals surface area contributed by atoms with E-state index in [1.807, 2.05) is 6.07 Å². The number of esters is 1. The maximum absolute atomic E-state index is 12.9. The van der Waals surface area contributed by atoms with Gasteiger partial charge in [0.15, 0.2) is 0 Å². The van der Waals surface area contributed by atoms with E-state index in [2.05, 4.69) is 44.2 Å². The second-order valence-electron chi connectivity index (χ2n) is 11.1. The highest BCUT2D eigenvalue weighted by Gasteiger charge is 2.61. The molecule has 0 heterocycles. The summed E-state index contributed by atoms with van der Waals surface area (Å²) in [6.07, 6.45) is 8.93.